The van der Waals surface area contributed by atoms with Crippen LogP contribution in [-0.4, -0.2) is 26.4 Å². The maximum atomic E-state index is 6.07. The lowest BCUT2D eigenvalue weighted by Crippen LogP contribution is -2.23. The Morgan fingerprint density at radius 2 is 1.96 bits per heavy atom. The first-order valence-electron chi connectivity index (χ1n) is 7.64. The standard InChI is InChI=1S/C17H11ClN4O2S/c18-11-5-3-4-10(8-11)16-21-22-15(19-20-17(22)25-16)14-9-23-12-6-1-2-7-13(12)24-14/h1-8,14H,9H2. The minimum atomic E-state index is -0.362. The van der Waals surface area contributed by atoms with Gasteiger partial charge >= 0.3 is 0 Å². The van der Waals surface area contributed by atoms with Gasteiger partial charge in [0.15, 0.2) is 23.4 Å². The van der Waals surface area contributed by atoms with E-state index in [0.717, 1.165) is 16.3 Å². The molecule has 1 unspecified atom stereocenters. The van der Waals surface area contributed by atoms with Crippen LogP contribution in [0.25, 0.3) is 15.5 Å². The van der Waals surface area contributed by atoms with Gasteiger partial charge in [0.1, 0.15) is 11.6 Å². The molecule has 5 rings (SSSR count). The lowest BCUT2D eigenvalue weighted by Gasteiger charge is -2.24. The van der Waals surface area contributed by atoms with Gasteiger partial charge in [0.25, 0.3) is 0 Å². The second-order valence-corrected chi connectivity index (χ2v) is 6.93. The van der Waals surface area contributed by atoms with Gasteiger partial charge in [-0.05, 0) is 24.3 Å². The van der Waals surface area contributed by atoms with Crippen molar-refractivity contribution in [2.75, 3.05) is 6.61 Å². The van der Waals surface area contributed by atoms with E-state index in [4.69, 9.17) is 21.1 Å². The predicted octanol–water partition coefficient (Wildman–Crippen LogP) is 4.02. The first-order valence-corrected chi connectivity index (χ1v) is 8.84. The summed E-state index contributed by atoms with van der Waals surface area (Å²) in [6.45, 7) is 0.363. The molecule has 3 heterocycles. The van der Waals surface area contributed by atoms with E-state index in [1.807, 2.05) is 48.5 Å². The van der Waals surface area contributed by atoms with Crippen molar-refractivity contribution in [1.29, 1.82) is 0 Å². The van der Waals surface area contributed by atoms with Gasteiger partial charge < -0.3 is 9.47 Å². The second-order valence-electron chi connectivity index (χ2n) is 5.53. The molecule has 0 N–H and O–H groups in total. The minimum Gasteiger partial charge on any atom is -0.485 e. The van der Waals surface area contributed by atoms with Crippen molar-refractivity contribution >= 4 is 27.9 Å². The highest BCUT2D eigenvalue weighted by atomic mass is 35.5. The van der Waals surface area contributed by atoms with Gasteiger partial charge in [-0.15, -0.1) is 10.2 Å². The molecule has 2 aromatic heterocycles. The molecule has 1 atom stereocenters. The topological polar surface area (TPSA) is 61.5 Å². The fraction of sp³-hybridized carbons (Fsp3) is 0.118. The molecule has 4 aromatic rings. The highest BCUT2D eigenvalue weighted by Gasteiger charge is 2.28. The Kier molecular flexibility index (Phi) is 3.36. The number of hydrogen-bond acceptors (Lipinski definition) is 6. The van der Waals surface area contributed by atoms with Gasteiger partial charge in [0.05, 0.1) is 0 Å². The van der Waals surface area contributed by atoms with Gasteiger partial charge in [-0.3, -0.25) is 0 Å². The van der Waals surface area contributed by atoms with Gasteiger partial charge in [-0.1, -0.05) is 47.2 Å². The van der Waals surface area contributed by atoms with E-state index in [-0.39, 0.29) is 6.10 Å². The molecule has 0 fully saturated rings. The van der Waals surface area contributed by atoms with Crippen LogP contribution in [0.1, 0.15) is 11.9 Å². The number of halogens is 1. The molecule has 0 saturated carbocycles. The monoisotopic (exact) mass is 370 g/mol. The zero-order valence-electron chi connectivity index (χ0n) is 12.8. The molecule has 6 nitrogen and oxygen atoms in total. The van der Waals surface area contributed by atoms with Crippen molar-refractivity contribution < 1.29 is 9.47 Å². The molecule has 1 aliphatic heterocycles. The summed E-state index contributed by atoms with van der Waals surface area (Å²) in [6, 6.07) is 15.2. The number of aromatic nitrogens is 4. The molecule has 0 aliphatic carbocycles. The fourth-order valence-electron chi connectivity index (χ4n) is 2.72. The zero-order chi connectivity index (χ0) is 16.8. The molecule has 0 amide bonds. The van der Waals surface area contributed by atoms with Crippen LogP contribution in [-0.2, 0) is 0 Å². The fourth-order valence-corrected chi connectivity index (χ4v) is 3.75. The normalized spacial score (nSPS) is 16.3. The lowest BCUT2D eigenvalue weighted by atomic mass is 10.2. The summed E-state index contributed by atoms with van der Waals surface area (Å²) in [7, 11) is 0. The molecular weight excluding hydrogens is 360 g/mol. The van der Waals surface area contributed by atoms with E-state index >= 15 is 0 Å². The van der Waals surface area contributed by atoms with Crippen molar-refractivity contribution in [2.24, 2.45) is 0 Å². The smallest absolute Gasteiger partial charge is 0.235 e. The Hall–Kier alpha value is -2.64. The molecule has 124 valence electrons. The molecule has 0 radical (unpaired) electrons. The Labute approximate surface area is 151 Å². The van der Waals surface area contributed by atoms with Crippen LogP contribution < -0.4 is 9.47 Å². The number of para-hydroxylation sites is 2. The lowest BCUT2D eigenvalue weighted by molar-refractivity contribution is 0.0836. The number of hydrogen-bond donors (Lipinski definition) is 0. The first kappa shape index (κ1) is 14.7. The zero-order valence-corrected chi connectivity index (χ0v) is 14.4. The number of nitrogens with zero attached hydrogens (tertiary/aromatic N) is 4. The van der Waals surface area contributed by atoms with Crippen LogP contribution in [0.3, 0.4) is 0 Å². The summed E-state index contributed by atoms with van der Waals surface area (Å²) < 4.78 is 13.5. The SMILES string of the molecule is Clc1cccc(-c2nn3c(C4COc5ccccc5O4)nnc3s2)c1. The molecule has 25 heavy (non-hydrogen) atoms. The number of rotatable bonds is 2. The van der Waals surface area contributed by atoms with Crippen LogP contribution in [0.4, 0.5) is 0 Å². The van der Waals surface area contributed by atoms with Gasteiger partial charge in [-0.25, -0.2) is 0 Å². The molecule has 1 aliphatic rings. The van der Waals surface area contributed by atoms with Crippen molar-refractivity contribution in [2.45, 2.75) is 6.10 Å². The third-order valence-electron chi connectivity index (χ3n) is 3.88. The molecule has 8 heteroatoms. The molecule has 2 aromatic carbocycles. The third kappa shape index (κ3) is 2.52. The summed E-state index contributed by atoms with van der Waals surface area (Å²) in [5, 5.41) is 14.6. The average molecular weight is 371 g/mol. The molecule has 0 saturated heterocycles. The highest BCUT2D eigenvalue weighted by molar-refractivity contribution is 7.19. The molecule has 0 spiro atoms. The minimum absolute atomic E-state index is 0.362. The quantitative estimate of drug-likeness (QED) is 0.533. The van der Waals surface area contributed by atoms with Crippen LogP contribution in [0, 0.1) is 0 Å². The maximum absolute atomic E-state index is 6.07. The van der Waals surface area contributed by atoms with Crippen molar-refractivity contribution in [1.82, 2.24) is 19.8 Å². The summed E-state index contributed by atoms with van der Waals surface area (Å²) in [5.41, 5.74) is 0.945. The largest absolute Gasteiger partial charge is 0.485 e. The molecule has 0 bridgehead atoms. The van der Waals surface area contributed by atoms with E-state index in [2.05, 4.69) is 15.3 Å². The Balaban J connectivity index is 1.53. The van der Waals surface area contributed by atoms with Crippen LogP contribution in [0.2, 0.25) is 5.02 Å². The third-order valence-corrected chi connectivity index (χ3v) is 5.07. The van der Waals surface area contributed by atoms with Crippen LogP contribution in [0.15, 0.2) is 48.5 Å². The Morgan fingerprint density at radius 1 is 1.08 bits per heavy atom. The number of fused-ring (bicyclic) bond motifs is 2. The first-order chi connectivity index (χ1) is 12.3. The van der Waals surface area contributed by atoms with E-state index in [1.165, 1.54) is 11.3 Å². The average Bonchev–Trinajstić information content (AvgIpc) is 3.22. The van der Waals surface area contributed by atoms with E-state index < -0.39 is 0 Å². The molecular formula is C17H11ClN4O2S. The van der Waals surface area contributed by atoms with Crippen molar-refractivity contribution in [3.05, 3.63) is 59.4 Å². The summed E-state index contributed by atoms with van der Waals surface area (Å²) in [5.74, 6) is 2.05. The highest BCUT2D eigenvalue weighted by Crippen LogP contribution is 2.36. The van der Waals surface area contributed by atoms with Crippen molar-refractivity contribution in [3.8, 4) is 22.1 Å². The summed E-state index contributed by atoms with van der Waals surface area (Å²) in [4.78, 5) is 0.701. The summed E-state index contributed by atoms with van der Waals surface area (Å²) in [6.07, 6.45) is -0.362. The van der Waals surface area contributed by atoms with Crippen molar-refractivity contribution in [3.63, 3.8) is 0 Å². The van der Waals surface area contributed by atoms with Crippen LogP contribution >= 0.6 is 22.9 Å². The Bertz CT molecular complexity index is 1080. The number of ether oxygens (including phenoxy) is 2. The number of benzene rings is 2. The predicted molar refractivity (Wildman–Crippen MR) is 94.4 cm³/mol. The second kappa shape index (κ2) is 5.72. The van der Waals surface area contributed by atoms with E-state index in [0.29, 0.717) is 28.2 Å². The van der Waals surface area contributed by atoms with Crippen LogP contribution in [0.5, 0.6) is 11.5 Å². The van der Waals surface area contributed by atoms with E-state index in [1.54, 1.807) is 4.52 Å². The Morgan fingerprint density at radius 3 is 2.84 bits per heavy atom. The van der Waals surface area contributed by atoms with Gasteiger partial charge in [0.2, 0.25) is 4.96 Å². The van der Waals surface area contributed by atoms with Gasteiger partial charge in [0, 0.05) is 10.6 Å². The van der Waals surface area contributed by atoms with E-state index in [9.17, 15) is 0 Å². The maximum Gasteiger partial charge on any atom is 0.235 e. The summed E-state index contributed by atoms with van der Waals surface area (Å²) >= 11 is 7.53. The van der Waals surface area contributed by atoms with Gasteiger partial charge in [-0.2, -0.15) is 9.61 Å².